The monoisotopic (exact) mass is 397 g/mol. The Morgan fingerprint density at radius 3 is 2.34 bits per heavy atom. The highest BCUT2D eigenvalue weighted by molar-refractivity contribution is 5.94. The summed E-state index contributed by atoms with van der Waals surface area (Å²) < 4.78 is 14.4. The van der Waals surface area contributed by atoms with Crippen LogP contribution >= 0.6 is 0 Å². The first-order valence-corrected chi connectivity index (χ1v) is 10.1. The molecule has 1 atom stereocenters. The summed E-state index contributed by atoms with van der Waals surface area (Å²) in [4.78, 5) is 27.7. The molecule has 0 spiro atoms. The van der Waals surface area contributed by atoms with Crippen LogP contribution in [0.15, 0.2) is 48.5 Å². The molecule has 1 fully saturated rings. The lowest BCUT2D eigenvalue weighted by atomic mass is 9.97. The van der Waals surface area contributed by atoms with E-state index in [2.05, 4.69) is 24.4 Å². The summed E-state index contributed by atoms with van der Waals surface area (Å²) in [6.07, 6.45) is 0.952. The van der Waals surface area contributed by atoms with Crippen LogP contribution in [0.2, 0.25) is 0 Å². The maximum atomic E-state index is 14.4. The average molecular weight is 397 g/mol. The van der Waals surface area contributed by atoms with Gasteiger partial charge in [-0.1, -0.05) is 37.3 Å². The molecule has 1 aliphatic heterocycles. The van der Waals surface area contributed by atoms with Crippen LogP contribution in [-0.2, 0) is 0 Å². The SMILES string of the molecule is CCC(CNC(=O)N1CCN(c2ccc(C(C)=O)cc2F)CC1)c1ccccc1. The van der Waals surface area contributed by atoms with E-state index in [0.29, 0.717) is 44.0 Å². The Morgan fingerprint density at radius 1 is 1.07 bits per heavy atom. The van der Waals surface area contributed by atoms with E-state index in [0.717, 1.165) is 6.42 Å². The molecule has 1 aliphatic rings. The minimum atomic E-state index is -0.399. The number of rotatable bonds is 6. The van der Waals surface area contributed by atoms with Gasteiger partial charge in [-0.2, -0.15) is 0 Å². The number of Topliss-reactive ketones (excluding diaryl/α,β-unsaturated/α-hetero) is 1. The molecular weight excluding hydrogens is 369 g/mol. The number of hydrogen-bond donors (Lipinski definition) is 1. The van der Waals surface area contributed by atoms with Crippen molar-refractivity contribution in [1.82, 2.24) is 10.2 Å². The molecular formula is C23H28FN3O2. The van der Waals surface area contributed by atoms with E-state index in [9.17, 15) is 14.0 Å². The van der Waals surface area contributed by atoms with Gasteiger partial charge in [0.25, 0.3) is 0 Å². The van der Waals surface area contributed by atoms with Gasteiger partial charge in [0.1, 0.15) is 5.82 Å². The summed E-state index contributed by atoms with van der Waals surface area (Å²) in [5, 5.41) is 3.04. The largest absolute Gasteiger partial charge is 0.366 e. The van der Waals surface area contributed by atoms with Crippen LogP contribution in [0.5, 0.6) is 0 Å². The Labute approximate surface area is 171 Å². The molecule has 0 saturated carbocycles. The molecule has 1 unspecified atom stereocenters. The lowest BCUT2D eigenvalue weighted by Gasteiger charge is -2.36. The van der Waals surface area contributed by atoms with E-state index >= 15 is 0 Å². The van der Waals surface area contributed by atoms with Crippen LogP contribution in [-0.4, -0.2) is 49.4 Å². The van der Waals surface area contributed by atoms with Crippen molar-refractivity contribution in [1.29, 1.82) is 0 Å². The second-order valence-electron chi connectivity index (χ2n) is 7.40. The maximum Gasteiger partial charge on any atom is 0.317 e. The molecule has 1 saturated heterocycles. The Hall–Kier alpha value is -2.89. The summed E-state index contributed by atoms with van der Waals surface area (Å²) in [5.74, 6) is -0.266. The minimum absolute atomic E-state index is 0.0774. The molecule has 1 N–H and O–H groups in total. The molecule has 0 radical (unpaired) electrons. The summed E-state index contributed by atoms with van der Waals surface area (Å²) in [5.41, 5.74) is 2.07. The smallest absolute Gasteiger partial charge is 0.317 e. The lowest BCUT2D eigenvalue weighted by Crippen LogP contribution is -2.52. The highest BCUT2D eigenvalue weighted by atomic mass is 19.1. The Morgan fingerprint density at radius 2 is 1.76 bits per heavy atom. The standard InChI is InChI=1S/C23H28FN3O2/c1-3-18(19-7-5-4-6-8-19)16-25-23(29)27-13-11-26(12-14-27)22-10-9-20(17(2)28)15-21(22)24/h4-10,15,18H,3,11-14,16H2,1-2H3,(H,25,29). The number of piperazine rings is 1. The van der Waals surface area contributed by atoms with Gasteiger partial charge in [0.05, 0.1) is 5.69 Å². The first kappa shape index (κ1) is 20.8. The molecule has 1 heterocycles. The molecule has 0 aliphatic carbocycles. The highest BCUT2D eigenvalue weighted by Gasteiger charge is 2.23. The number of urea groups is 1. The second kappa shape index (κ2) is 9.54. The fraction of sp³-hybridized carbons (Fsp3) is 0.391. The van der Waals surface area contributed by atoms with Crippen molar-refractivity contribution in [2.24, 2.45) is 0 Å². The molecule has 0 aromatic heterocycles. The molecule has 2 aromatic carbocycles. The molecule has 3 rings (SSSR count). The van der Waals surface area contributed by atoms with Crippen molar-refractivity contribution in [2.75, 3.05) is 37.6 Å². The fourth-order valence-corrected chi connectivity index (χ4v) is 3.68. The number of nitrogens with zero attached hydrogens (tertiary/aromatic N) is 2. The van der Waals surface area contributed by atoms with Crippen molar-refractivity contribution in [3.63, 3.8) is 0 Å². The molecule has 154 valence electrons. The number of amides is 2. The highest BCUT2D eigenvalue weighted by Crippen LogP contribution is 2.22. The third-order valence-electron chi connectivity index (χ3n) is 5.53. The van der Waals surface area contributed by atoms with Crippen LogP contribution in [0.3, 0.4) is 0 Å². The van der Waals surface area contributed by atoms with Gasteiger partial charge < -0.3 is 15.1 Å². The van der Waals surface area contributed by atoms with Crippen LogP contribution in [0.1, 0.15) is 42.1 Å². The fourth-order valence-electron chi connectivity index (χ4n) is 3.68. The number of carbonyl (C=O) groups is 2. The van der Waals surface area contributed by atoms with Gasteiger partial charge >= 0.3 is 6.03 Å². The van der Waals surface area contributed by atoms with Gasteiger partial charge in [-0.25, -0.2) is 9.18 Å². The Bertz CT molecular complexity index is 848. The number of benzene rings is 2. The number of halogens is 1. The van der Waals surface area contributed by atoms with E-state index in [1.807, 2.05) is 23.1 Å². The lowest BCUT2D eigenvalue weighted by molar-refractivity contribution is 0.101. The van der Waals surface area contributed by atoms with Gasteiger partial charge in [0.2, 0.25) is 0 Å². The normalized spacial score (nSPS) is 15.1. The zero-order chi connectivity index (χ0) is 20.8. The molecule has 29 heavy (non-hydrogen) atoms. The number of nitrogens with one attached hydrogen (secondary N) is 1. The van der Waals surface area contributed by atoms with Gasteiger partial charge in [-0.15, -0.1) is 0 Å². The van der Waals surface area contributed by atoms with Crippen molar-refractivity contribution >= 4 is 17.5 Å². The van der Waals surface area contributed by atoms with E-state index < -0.39 is 5.82 Å². The van der Waals surface area contributed by atoms with Crippen molar-refractivity contribution in [3.8, 4) is 0 Å². The van der Waals surface area contributed by atoms with Crippen molar-refractivity contribution in [2.45, 2.75) is 26.2 Å². The van der Waals surface area contributed by atoms with Gasteiger partial charge in [0, 0.05) is 44.2 Å². The average Bonchev–Trinajstić information content (AvgIpc) is 2.75. The quantitative estimate of drug-likeness (QED) is 0.748. The van der Waals surface area contributed by atoms with Gasteiger partial charge in [-0.05, 0) is 37.1 Å². The van der Waals surface area contributed by atoms with Crippen LogP contribution in [0.25, 0.3) is 0 Å². The molecule has 2 aromatic rings. The van der Waals surface area contributed by atoms with E-state index in [-0.39, 0.29) is 17.7 Å². The zero-order valence-electron chi connectivity index (χ0n) is 17.0. The maximum absolute atomic E-state index is 14.4. The van der Waals surface area contributed by atoms with Crippen LogP contribution < -0.4 is 10.2 Å². The molecule has 5 nitrogen and oxygen atoms in total. The first-order chi connectivity index (χ1) is 14.0. The van der Waals surface area contributed by atoms with E-state index in [4.69, 9.17) is 0 Å². The molecule has 0 bridgehead atoms. The zero-order valence-corrected chi connectivity index (χ0v) is 17.0. The van der Waals surface area contributed by atoms with E-state index in [1.54, 1.807) is 17.0 Å². The van der Waals surface area contributed by atoms with Crippen molar-refractivity contribution < 1.29 is 14.0 Å². The first-order valence-electron chi connectivity index (χ1n) is 10.1. The predicted octanol–water partition coefficient (Wildman–Crippen LogP) is 4.05. The summed E-state index contributed by atoms with van der Waals surface area (Å²) in [7, 11) is 0. The third-order valence-corrected chi connectivity index (χ3v) is 5.53. The Kier molecular flexibility index (Phi) is 6.86. The van der Waals surface area contributed by atoms with Crippen LogP contribution in [0.4, 0.5) is 14.9 Å². The molecule has 2 amide bonds. The topological polar surface area (TPSA) is 52.7 Å². The third kappa shape index (κ3) is 5.13. The Balaban J connectivity index is 1.52. The predicted molar refractivity (Wildman–Crippen MR) is 113 cm³/mol. The number of carbonyl (C=O) groups excluding carboxylic acids is 2. The summed E-state index contributed by atoms with van der Waals surface area (Å²) >= 11 is 0. The number of hydrogen-bond acceptors (Lipinski definition) is 3. The summed E-state index contributed by atoms with van der Waals surface area (Å²) in [6.45, 7) is 6.31. The second-order valence-corrected chi connectivity index (χ2v) is 7.40. The van der Waals surface area contributed by atoms with Gasteiger partial charge in [-0.3, -0.25) is 4.79 Å². The van der Waals surface area contributed by atoms with Crippen LogP contribution in [0, 0.1) is 5.82 Å². The summed E-state index contributed by atoms with van der Waals surface area (Å²) in [6, 6.07) is 14.7. The number of ketones is 1. The van der Waals surface area contributed by atoms with Crippen molar-refractivity contribution in [3.05, 3.63) is 65.5 Å². The van der Waals surface area contributed by atoms with Gasteiger partial charge in [0.15, 0.2) is 5.78 Å². The molecule has 6 heteroatoms. The van der Waals surface area contributed by atoms with E-state index in [1.165, 1.54) is 18.6 Å². The number of anilines is 1. The minimum Gasteiger partial charge on any atom is -0.366 e.